The Morgan fingerprint density at radius 3 is 2.07 bits per heavy atom. The lowest BCUT2D eigenvalue weighted by molar-refractivity contribution is 0.0932. The third kappa shape index (κ3) is 3.71. The number of benzene rings is 3. The van der Waals surface area contributed by atoms with Crippen molar-refractivity contribution in [1.82, 2.24) is 15.1 Å². The molecule has 0 radical (unpaired) electrons. The summed E-state index contributed by atoms with van der Waals surface area (Å²) in [6.07, 6.45) is 0. The van der Waals surface area contributed by atoms with E-state index in [1.165, 1.54) is 0 Å². The monoisotopic (exact) mass is 367 g/mol. The summed E-state index contributed by atoms with van der Waals surface area (Å²) in [5, 5.41) is 7.80. The third-order valence-corrected chi connectivity index (χ3v) is 4.66. The Kier molecular flexibility index (Phi) is 5.02. The molecule has 0 unspecified atom stereocenters. The van der Waals surface area contributed by atoms with Crippen LogP contribution in [0.4, 0.5) is 0 Å². The highest BCUT2D eigenvalue weighted by molar-refractivity contribution is 5.94. The minimum absolute atomic E-state index is 0.104. The minimum atomic E-state index is -0.158. The number of carbonyl (C=O) groups is 1. The van der Waals surface area contributed by atoms with Crippen LogP contribution >= 0.6 is 0 Å². The zero-order chi connectivity index (χ0) is 19.3. The Bertz CT molecular complexity index is 1060. The van der Waals surface area contributed by atoms with Gasteiger partial charge in [0.1, 0.15) is 5.69 Å². The van der Waals surface area contributed by atoms with E-state index < -0.39 is 0 Å². The number of para-hydroxylation sites is 1. The average Bonchev–Trinajstić information content (AvgIpc) is 3.21. The first kappa shape index (κ1) is 17.7. The van der Waals surface area contributed by atoms with Crippen LogP contribution in [0.25, 0.3) is 16.9 Å². The summed E-state index contributed by atoms with van der Waals surface area (Å²) >= 11 is 0. The van der Waals surface area contributed by atoms with Gasteiger partial charge in [-0.1, -0.05) is 78.9 Å². The van der Waals surface area contributed by atoms with Crippen molar-refractivity contribution >= 4 is 5.91 Å². The molecule has 138 valence electrons. The van der Waals surface area contributed by atoms with Gasteiger partial charge in [-0.2, -0.15) is 5.10 Å². The first-order valence-electron chi connectivity index (χ1n) is 9.29. The largest absolute Gasteiger partial charge is 0.344 e. The second kappa shape index (κ2) is 7.92. The van der Waals surface area contributed by atoms with E-state index in [0.717, 1.165) is 22.5 Å². The molecule has 4 nitrogen and oxygen atoms in total. The standard InChI is InChI=1S/C24H21N3O/c1-18(19-11-5-2-6-12-19)25-24(28)23-17-22(20-13-7-3-8-14-20)26-27(23)21-15-9-4-10-16-21/h2-18H,1H3,(H,25,28)/t18-/m1/s1. The highest BCUT2D eigenvalue weighted by atomic mass is 16.2. The SMILES string of the molecule is C[C@@H](NC(=O)c1cc(-c2ccccc2)nn1-c1ccccc1)c1ccccc1. The normalized spacial score (nSPS) is 11.8. The van der Waals surface area contributed by atoms with Gasteiger partial charge in [0.05, 0.1) is 17.4 Å². The molecule has 0 spiro atoms. The van der Waals surface area contributed by atoms with Crippen LogP contribution in [0.5, 0.6) is 0 Å². The van der Waals surface area contributed by atoms with Gasteiger partial charge in [-0.25, -0.2) is 4.68 Å². The summed E-state index contributed by atoms with van der Waals surface area (Å²) in [5.41, 5.74) is 4.16. The Hall–Kier alpha value is -3.66. The van der Waals surface area contributed by atoms with Crippen molar-refractivity contribution in [3.8, 4) is 16.9 Å². The lowest BCUT2D eigenvalue weighted by atomic mass is 10.1. The summed E-state index contributed by atoms with van der Waals surface area (Å²) in [6.45, 7) is 1.98. The summed E-state index contributed by atoms with van der Waals surface area (Å²) < 4.78 is 1.70. The molecule has 1 amide bonds. The highest BCUT2D eigenvalue weighted by Gasteiger charge is 2.19. The van der Waals surface area contributed by atoms with E-state index in [9.17, 15) is 4.79 Å². The van der Waals surface area contributed by atoms with Gasteiger partial charge in [0.2, 0.25) is 0 Å². The van der Waals surface area contributed by atoms with Crippen LogP contribution in [-0.4, -0.2) is 15.7 Å². The second-order valence-corrected chi connectivity index (χ2v) is 6.63. The molecule has 0 saturated carbocycles. The number of hydrogen-bond donors (Lipinski definition) is 1. The predicted octanol–water partition coefficient (Wildman–Crippen LogP) is 5.03. The Morgan fingerprint density at radius 2 is 1.43 bits per heavy atom. The summed E-state index contributed by atoms with van der Waals surface area (Å²) in [4.78, 5) is 13.1. The molecule has 1 atom stereocenters. The van der Waals surface area contributed by atoms with Crippen LogP contribution in [0.2, 0.25) is 0 Å². The number of rotatable bonds is 5. The summed E-state index contributed by atoms with van der Waals surface area (Å²) in [6, 6.07) is 31.3. The molecule has 0 bridgehead atoms. The fraction of sp³-hybridized carbons (Fsp3) is 0.0833. The van der Waals surface area contributed by atoms with Crippen LogP contribution in [0.3, 0.4) is 0 Å². The maximum absolute atomic E-state index is 13.1. The molecule has 1 N–H and O–H groups in total. The molecule has 1 heterocycles. The maximum atomic E-state index is 13.1. The molecule has 0 saturated heterocycles. The molecular formula is C24H21N3O. The molecule has 0 aliphatic carbocycles. The van der Waals surface area contributed by atoms with Crippen molar-refractivity contribution in [1.29, 1.82) is 0 Å². The number of carbonyl (C=O) groups excluding carboxylic acids is 1. The number of aromatic nitrogens is 2. The predicted molar refractivity (Wildman–Crippen MR) is 111 cm³/mol. The molecule has 4 heteroatoms. The van der Waals surface area contributed by atoms with Gasteiger partial charge < -0.3 is 5.32 Å². The molecule has 0 aliphatic rings. The first-order chi connectivity index (χ1) is 13.7. The number of nitrogens with one attached hydrogen (secondary N) is 1. The van der Waals surface area contributed by atoms with Crippen LogP contribution in [-0.2, 0) is 0 Å². The lowest BCUT2D eigenvalue weighted by Gasteiger charge is -2.15. The molecule has 0 aliphatic heterocycles. The molecular weight excluding hydrogens is 346 g/mol. The Labute approximate surface area is 164 Å². The third-order valence-electron chi connectivity index (χ3n) is 4.66. The topological polar surface area (TPSA) is 46.9 Å². The van der Waals surface area contributed by atoms with Crippen molar-refractivity contribution in [2.24, 2.45) is 0 Å². The van der Waals surface area contributed by atoms with Gasteiger partial charge >= 0.3 is 0 Å². The molecule has 3 aromatic carbocycles. The van der Waals surface area contributed by atoms with Gasteiger partial charge in [0, 0.05) is 5.56 Å². The average molecular weight is 367 g/mol. The van der Waals surface area contributed by atoms with Crippen LogP contribution in [0.1, 0.15) is 29.0 Å². The lowest BCUT2D eigenvalue weighted by Crippen LogP contribution is -2.28. The highest BCUT2D eigenvalue weighted by Crippen LogP contribution is 2.22. The van der Waals surface area contributed by atoms with Gasteiger partial charge in [-0.15, -0.1) is 0 Å². The van der Waals surface area contributed by atoms with E-state index in [0.29, 0.717) is 5.69 Å². The Morgan fingerprint density at radius 1 is 0.857 bits per heavy atom. The van der Waals surface area contributed by atoms with E-state index in [4.69, 9.17) is 5.10 Å². The van der Waals surface area contributed by atoms with E-state index >= 15 is 0 Å². The first-order valence-corrected chi connectivity index (χ1v) is 9.29. The van der Waals surface area contributed by atoms with Crippen molar-refractivity contribution in [3.63, 3.8) is 0 Å². The number of hydrogen-bond acceptors (Lipinski definition) is 2. The molecule has 28 heavy (non-hydrogen) atoms. The van der Waals surface area contributed by atoms with Crippen LogP contribution < -0.4 is 5.32 Å². The number of amides is 1. The van der Waals surface area contributed by atoms with Gasteiger partial charge in [-0.3, -0.25) is 4.79 Å². The van der Waals surface area contributed by atoms with E-state index in [-0.39, 0.29) is 11.9 Å². The van der Waals surface area contributed by atoms with E-state index in [1.807, 2.05) is 104 Å². The second-order valence-electron chi connectivity index (χ2n) is 6.63. The van der Waals surface area contributed by atoms with Crippen molar-refractivity contribution < 1.29 is 4.79 Å². The smallest absolute Gasteiger partial charge is 0.270 e. The van der Waals surface area contributed by atoms with Crippen LogP contribution in [0, 0.1) is 0 Å². The maximum Gasteiger partial charge on any atom is 0.270 e. The van der Waals surface area contributed by atoms with Crippen molar-refractivity contribution in [2.45, 2.75) is 13.0 Å². The van der Waals surface area contributed by atoms with E-state index in [1.54, 1.807) is 4.68 Å². The van der Waals surface area contributed by atoms with E-state index in [2.05, 4.69) is 5.32 Å². The summed E-state index contributed by atoms with van der Waals surface area (Å²) in [7, 11) is 0. The Balaban J connectivity index is 1.70. The van der Waals surface area contributed by atoms with Gasteiger partial charge in [0.15, 0.2) is 0 Å². The summed E-state index contributed by atoms with van der Waals surface area (Å²) in [5.74, 6) is -0.158. The van der Waals surface area contributed by atoms with Gasteiger partial charge in [-0.05, 0) is 30.7 Å². The fourth-order valence-electron chi connectivity index (χ4n) is 3.15. The number of nitrogens with zero attached hydrogens (tertiary/aromatic N) is 2. The van der Waals surface area contributed by atoms with Crippen molar-refractivity contribution in [3.05, 3.63) is 108 Å². The molecule has 0 fully saturated rings. The zero-order valence-corrected chi connectivity index (χ0v) is 15.6. The molecule has 4 aromatic rings. The van der Waals surface area contributed by atoms with Crippen LogP contribution in [0.15, 0.2) is 97.1 Å². The quantitative estimate of drug-likeness (QED) is 0.538. The minimum Gasteiger partial charge on any atom is -0.344 e. The van der Waals surface area contributed by atoms with Gasteiger partial charge in [0.25, 0.3) is 5.91 Å². The van der Waals surface area contributed by atoms with Crippen molar-refractivity contribution in [2.75, 3.05) is 0 Å². The fourth-order valence-corrected chi connectivity index (χ4v) is 3.15. The molecule has 4 rings (SSSR count). The zero-order valence-electron chi connectivity index (χ0n) is 15.6. The molecule has 1 aromatic heterocycles.